The molecule has 0 saturated heterocycles. The molecule has 1 heterocycles. The summed E-state index contributed by atoms with van der Waals surface area (Å²) in [4.78, 5) is 8.50. The minimum atomic E-state index is 0. The van der Waals surface area contributed by atoms with Crippen LogP contribution in [0.3, 0.4) is 0 Å². The molecule has 1 aromatic rings. The predicted octanol–water partition coefficient (Wildman–Crippen LogP) is 0.126. The Hall–Kier alpha value is -0.140. The van der Waals surface area contributed by atoms with Crippen molar-refractivity contribution in [3.8, 4) is 0 Å². The third-order valence-corrected chi connectivity index (χ3v) is 4.73. The normalized spacial score (nSPS) is 22.5. The Balaban J connectivity index is 0.00000220. The first kappa shape index (κ1) is 18.9. The molecule has 0 amide bonds. The Morgan fingerprint density at radius 2 is 1.81 bits per heavy atom. The molecule has 1 N–H and O–H groups in total. The number of hydrogen-bond donors (Lipinski definition) is 1. The Morgan fingerprint density at radius 1 is 1.19 bits per heavy atom. The summed E-state index contributed by atoms with van der Waals surface area (Å²) in [5.41, 5.74) is 0.921. The molecule has 4 nitrogen and oxygen atoms in total. The fourth-order valence-corrected chi connectivity index (χ4v) is 3.23. The molecule has 0 aromatic carbocycles. The van der Waals surface area contributed by atoms with Crippen LogP contribution in [0.1, 0.15) is 38.3 Å². The van der Waals surface area contributed by atoms with Crippen molar-refractivity contribution in [1.29, 1.82) is 0 Å². The van der Waals surface area contributed by atoms with E-state index < -0.39 is 0 Å². The lowest BCUT2D eigenvalue weighted by molar-refractivity contribution is -0.897. The number of hydrogen-bond acceptors (Lipinski definition) is 3. The molecule has 2 rings (SSSR count). The minimum absolute atomic E-state index is 0. The molecule has 1 aliphatic rings. The zero-order valence-electron chi connectivity index (χ0n) is 13.4. The molecule has 120 valence electrons. The van der Waals surface area contributed by atoms with Crippen LogP contribution in [0.15, 0.2) is 6.33 Å². The SMILES string of the molecule is CCc1ncnc(NC2CCC([N+](C)(C)C)CC2)c1Cl.[I-]. The van der Waals surface area contributed by atoms with Gasteiger partial charge in [-0.1, -0.05) is 18.5 Å². The second-order valence-electron chi connectivity index (χ2n) is 6.60. The maximum Gasteiger partial charge on any atom is 0.148 e. The van der Waals surface area contributed by atoms with Gasteiger partial charge < -0.3 is 33.8 Å². The van der Waals surface area contributed by atoms with Gasteiger partial charge in [0.15, 0.2) is 0 Å². The van der Waals surface area contributed by atoms with Crippen LogP contribution >= 0.6 is 11.6 Å². The first-order valence-electron chi connectivity index (χ1n) is 7.48. The highest BCUT2D eigenvalue weighted by Crippen LogP contribution is 2.29. The van der Waals surface area contributed by atoms with Crippen LogP contribution in [0.5, 0.6) is 0 Å². The standard InChI is InChI=1S/C15H26ClN4.HI/c1-5-13-14(16)15(18-10-17-13)19-11-6-8-12(9-7-11)20(2,3)4;/h10-12H,5-9H2,1-4H3,(H,17,18,19);1H/q+1;/p-1. The van der Waals surface area contributed by atoms with Gasteiger partial charge in [0.25, 0.3) is 0 Å². The van der Waals surface area contributed by atoms with Gasteiger partial charge in [0.2, 0.25) is 0 Å². The van der Waals surface area contributed by atoms with E-state index in [0.29, 0.717) is 11.1 Å². The second-order valence-corrected chi connectivity index (χ2v) is 6.98. The zero-order valence-corrected chi connectivity index (χ0v) is 16.3. The van der Waals surface area contributed by atoms with Gasteiger partial charge in [0.1, 0.15) is 17.2 Å². The summed E-state index contributed by atoms with van der Waals surface area (Å²) in [6.45, 7) is 2.06. The van der Waals surface area contributed by atoms with Crippen molar-refractivity contribution < 1.29 is 28.5 Å². The largest absolute Gasteiger partial charge is 1.00 e. The highest BCUT2D eigenvalue weighted by Gasteiger charge is 2.30. The van der Waals surface area contributed by atoms with E-state index in [-0.39, 0.29) is 24.0 Å². The summed E-state index contributed by atoms with van der Waals surface area (Å²) in [6, 6.07) is 1.25. The number of nitrogens with one attached hydrogen (secondary N) is 1. The van der Waals surface area contributed by atoms with Gasteiger partial charge >= 0.3 is 0 Å². The van der Waals surface area contributed by atoms with Crippen LogP contribution in [0.4, 0.5) is 5.82 Å². The molecule has 1 aliphatic carbocycles. The Labute approximate surface area is 150 Å². The van der Waals surface area contributed by atoms with E-state index in [1.165, 1.54) is 25.7 Å². The van der Waals surface area contributed by atoms with Crippen LogP contribution in [0.25, 0.3) is 0 Å². The summed E-state index contributed by atoms with van der Waals surface area (Å²) in [5, 5.41) is 4.19. The number of aromatic nitrogens is 2. The average Bonchev–Trinajstić information content (AvgIpc) is 2.41. The predicted molar refractivity (Wildman–Crippen MR) is 84.1 cm³/mol. The molecule has 0 radical (unpaired) electrons. The molecule has 0 spiro atoms. The number of nitrogens with zero attached hydrogens (tertiary/aromatic N) is 3. The maximum absolute atomic E-state index is 6.34. The first-order chi connectivity index (χ1) is 9.41. The quantitative estimate of drug-likeness (QED) is 0.551. The van der Waals surface area contributed by atoms with Gasteiger partial charge in [0, 0.05) is 18.9 Å². The summed E-state index contributed by atoms with van der Waals surface area (Å²) in [7, 11) is 6.85. The summed E-state index contributed by atoms with van der Waals surface area (Å²) < 4.78 is 1.06. The van der Waals surface area contributed by atoms with E-state index in [4.69, 9.17) is 11.6 Å². The third kappa shape index (κ3) is 4.93. The molecule has 1 aromatic heterocycles. The van der Waals surface area contributed by atoms with Crippen molar-refractivity contribution in [2.24, 2.45) is 0 Å². The molecule has 0 aliphatic heterocycles. The third-order valence-electron chi connectivity index (χ3n) is 4.33. The van der Waals surface area contributed by atoms with Gasteiger partial charge in [-0.3, -0.25) is 0 Å². The lowest BCUT2D eigenvalue weighted by Crippen LogP contribution is -3.00. The lowest BCUT2D eigenvalue weighted by atomic mass is 9.89. The van der Waals surface area contributed by atoms with Gasteiger partial charge in [-0.15, -0.1) is 0 Å². The number of quaternary nitrogens is 1. The van der Waals surface area contributed by atoms with E-state index >= 15 is 0 Å². The molecule has 6 heteroatoms. The van der Waals surface area contributed by atoms with E-state index in [0.717, 1.165) is 28.5 Å². The van der Waals surface area contributed by atoms with Crippen molar-refractivity contribution >= 4 is 17.4 Å². The molecule has 21 heavy (non-hydrogen) atoms. The summed E-state index contributed by atoms with van der Waals surface area (Å²) >= 11 is 6.34. The maximum atomic E-state index is 6.34. The van der Waals surface area contributed by atoms with E-state index in [2.05, 4.69) is 43.4 Å². The van der Waals surface area contributed by atoms with Gasteiger partial charge in [-0.2, -0.15) is 0 Å². The molecule has 0 atom stereocenters. The molecular weight excluding hydrogens is 399 g/mol. The van der Waals surface area contributed by atoms with Crippen LogP contribution in [-0.4, -0.2) is 47.7 Å². The van der Waals surface area contributed by atoms with Crippen LogP contribution < -0.4 is 29.3 Å². The molecule has 1 saturated carbocycles. The number of rotatable bonds is 4. The average molecular weight is 425 g/mol. The van der Waals surface area contributed by atoms with Crippen molar-refractivity contribution in [1.82, 2.24) is 9.97 Å². The van der Waals surface area contributed by atoms with Gasteiger partial charge in [0.05, 0.1) is 32.9 Å². The Morgan fingerprint density at radius 3 is 2.33 bits per heavy atom. The van der Waals surface area contributed by atoms with Gasteiger partial charge in [-0.25, -0.2) is 9.97 Å². The first-order valence-corrected chi connectivity index (χ1v) is 7.86. The van der Waals surface area contributed by atoms with Crippen molar-refractivity contribution in [2.45, 2.75) is 51.1 Å². The summed E-state index contributed by atoms with van der Waals surface area (Å²) in [6.07, 6.45) is 7.31. The van der Waals surface area contributed by atoms with Crippen molar-refractivity contribution in [2.75, 3.05) is 26.5 Å². The molecule has 1 fully saturated rings. The second kappa shape index (κ2) is 7.92. The van der Waals surface area contributed by atoms with E-state index in [1.807, 2.05) is 0 Å². The number of aryl methyl sites for hydroxylation is 1. The zero-order chi connectivity index (χ0) is 14.8. The number of anilines is 1. The Bertz CT molecular complexity index is 453. The monoisotopic (exact) mass is 424 g/mol. The van der Waals surface area contributed by atoms with E-state index in [1.54, 1.807) is 6.33 Å². The fourth-order valence-electron chi connectivity index (χ4n) is 2.94. The Kier molecular flexibility index (Phi) is 7.13. The van der Waals surface area contributed by atoms with Crippen LogP contribution in [0.2, 0.25) is 5.02 Å². The van der Waals surface area contributed by atoms with Crippen molar-refractivity contribution in [3.63, 3.8) is 0 Å². The number of halogens is 2. The highest BCUT2D eigenvalue weighted by atomic mass is 127. The topological polar surface area (TPSA) is 37.8 Å². The van der Waals surface area contributed by atoms with Crippen LogP contribution in [-0.2, 0) is 6.42 Å². The molecular formula is C15H26ClIN4. The van der Waals surface area contributed by atoms with Crippen molar-refractivity contribution in [3.05, 3.63) is 17.0 Å². The van der Waals surface area contributed by atoms with E-state index in [9.17, 15) is 0 Å². The minimum Gasteiger partial charge on any atom is -1.00 e. The van der Waals surface area contributed by atoms with Crippen LogP contribution in [0, 0.1) is 0 Å². The van der Waals surface area contributed by atoms with Gasteiger partial charge in [-0.05, 0) is 19.3 Å². The molecule has 0 bridgehead atoms. The highest BCUT2D eigenvalue weighted by molar-refractivity contribution is 6.33. The summed E-state index contributed by atoms with van der Waals surface area (Å²) in [5.74, 6) is 0.798. The fraction of sp³-hybridized carbons (Fsp3) is 0.733. The smallest absolute Gasteiger partial charge is 0.148 e. The molecule has 0 unspecified atom stereocenters. The lowest BCUT2D eigenvalue weighted by Gasteiger charge is -2.39.